The maximum Gasteiger partial charge on any atom is 0.266 e. The van der Waals surface area contributed by atoms with Gasteiger partial charge in [-0.2, -0.15) is 0 Å². The second kappa shape index (κ2) is 10.4. The Morgan fingerprint density at radius 3 is 2.54 bits per heavy atom. The van der Waals surface area contributed by atoms with E-state index in [1.807, 2.05) is 26.8 Å². The Bertz CT molecular complexity index is 1450. The maximum absolute atomic E-state index is 13.9. The predicted molar refractivity (Wildman–Crippen MR) is 138 cm³/mol. The van der Waals surface area contributed by atoms with E-state index in [2.05, 4.69) is 0 Å². The van der Waals surface area contributed by atoms with Crippen LogP contribution in [0.25, 0.3) is 16.6 Å². The third kappa shape index (κ3) is 4.84. The lowest BCUT2D eigenvalue weighted by Gasteiger charge is -2.32. The van der Waals surface area contributed by atoms with E-state index in [4.69, 9.17) is 16.6 Å². The minimum Gasteiger partial charge on any atom is -0.328 e. The first-order valence-corrected chi connectivity index (χ1v) is 12.1. The third-order valence-corrected chi connectivity index (χ3v) is 6.29. The van der Waals surface area contributed by atoms with Gasteiger partial charge < -0.3 is 4.90 Å². The highest BCUT2D eigenvalue weighted by atomic mass is 35.5. The molecule has 1 unspecified atom stereocenters. The van der Waals surface area contributed by atoms with Crippen molar-refractivity contribution in [1.82, 2.24) is 14.5 Å². The van der Waals surface area contributed by atoms with Crippen molar-refractivity contribution in [3.8, 4) is 5.69 Å². The summed E-state index contributed by atoms with van der Waals surface area (Å²) in [5.41, 5.74) is 2.06. The molecule has 0 aliphatic heterocycles. The molecule has 0 radical (unpaired) electrons. The Morgan fingerprint density at radius 1 is 1.09 bits per heavy atom. The molecule has 5 nitrogen and oxygen atoms in total. The zero-order chi connectivity index (χ0) is 25.1. The van der Waals surface area contributed by atoms with Crippen LogP contribution in [0.2, 0.25) is 5.02 Å². The maximum atomic E-state index is 13.9. The standard InChI is InChI=1S/C28H27ClFN3O2/c1-4-15-32(27(34)19-9-8-10-21(30)17-19)24(5-2)26-31-23-12-7-6-11-22(23)28(35)33(26)25-14-13-20(29)16-18(25)3/h6-14,16-17,24H,4-5,15H2,1-3H3. The molecule has 180 valence electrons. The van der Waals surface area contributed by atoms with E-state index in [-0.39, 0.29) is 17.0 Å². The summed E-state index contributed by atoms with van der Waals surface area (Å²) in [5.74, 6) is -0.322. The quantitative estimate of drug-likeness (QED) is 0.297. The fraction of sp³-hybridized carbons (Fsp3) is 0.250. The number of para-hydroxylation sites is 1. The molecule has 35 heavy (non-hydrogen) atoms. The largest absolute Gasteiger partial charge is 0.328 e. The molecule has 0 aliphatic carbocycles. The first kappa shape index (κ1) is 24.6. The number of hydrogen-bond donors (Lipinski definition) is 0. The molecule has 0 saturated carbocycles. The molecule has 0 bridgehead atoms. The second-order valence-electron chi connectivity index (χ2n) is 8.49. The lowest BCUT2D eigenvalue weighted by molar-refractivity contribution is 0.0658. The van der Waals surface area contributed by atoms with Crippen LogP contribution in [-0.4, -0.2) is 26.9 Å². The average Bonchev–Trinajstić information content (AvgIpc) is 2.84. The van der Waals surface area contributed by atoms with Crippen LogP contribution in [0.4, 0.5) is 4.39 Å². The molecule has 3 aromatic carbocycles. The molecule has 0 fully saturated rings. The third-order valence-electron chi connectivity index (χ3n) is 6.06. The normalized spacial score (nSPS) is 12.0. The summed E-state index contributed by atoms with van der Waals surface area (Å²) in [6.07, 6.45) is 1.20. The van der Waals surface area contributed by atoms with Crippen LogP contribution < -0.4 is 5.56 Å². The van der Waals surface area contributed by atoms with Crippen molar-refractivity contribution < 1.29 is 9.18 Å². The highest BCUT2D eigenvalue weighted by molar-refractivity contribution is 6.30. The summed E-state index contributed by atoms with van der Waals surface area (Å²) in [4.78, 5) is 34.0. The van der Waals surface area contributed by atoms with Crippen molar-refractivity contribution in [2.24, 2.45) is 0 Å². The number of halogens is 2. The Hall–Kier alpha value is -3.51. The first-order valence-electron chi connectivity index (χ1n) is 11.7. The number of amides is 1. The number of aryl methyl sites for hydroxylation is 1. The molecule has 1 aromatic heterocycles. The summed E-state index contributed by atoms with van der Waals surface area (Å²) in [7, 11) is 0. The SMILES string of the molecule is CCCN(C(=O)c1cccc(F)c1)C(CC)c1nc2ccccc2c(=O)n1-c1ccc(Cl)cc1C. The number of rotatable bonds is 7. The molecule has 0 N–H and O–H groups in total. The van der Waals surface area contributed by atoms with Gasteiger partial charge >= 0.3 is 0 Å². The molecular weight excluding hydrogens is 465 g/mol. The first-order chi connectivity index (χ1) is 16.8. The van der Waals surface area contributed by atoms with Crippen molar-refractivity contribution in [3.05, 3.63) is 105 Å². The molecule has 4 aromatic rings. The number of hydrogen-bond acceptors (Lipinski definition) is 3. The van der Waals surface area contributed by atoms with Gasteiger partial charge in [-0.1, -0.05) is 43.6 Å². The van der Waals surface area contributed by atoms with Crippen LogP contribution >= 0.6 is 11.6 Å². The van der Waals surface area contributed by atoms with Gasteiger partial charge in [0.15, 0.2) is 0 Å². The number of fused-ring (bicyclic) bond motifs is 1. The average molecular weight is 492 g/mol. The lowest BCUT2D eigenvalue weighted by atomic mass is 10.1. The van der Waals surface area contributed by atoms with E-state index in [1.54, 1.807) is 51.9 Å². The van der Waals surface area contributed by atoms with Gasteiger partial charge in [0, 0.05) is 17.1 Å². The van der Waals surface area contributed by atoms with Crippen LogP contribution in [-0.2, 0) is 0 Å². The van der Waals surface area contributed by atoms with Crippen LogP contribution in [0, 0.1) is 12.7 Å². The fourth-order valence-corrected chi connectivity index (χ4v) is 4.67. The Kier molecular flexibility index (Phi) is 7.31. The topological polar surface area (TPSA) is 55.2 Å². The molecule has 1 heterocycles. The summed E-state index contributed by atoms with van der Waals surface area (Å²) in [5, 5.41) is 1.05. The monoisotopic (exact) mass is 491 g/mol. The van der Waals surface area contributed by atoms with Crippen LogP contribution in [0.15, 0.2) is 71.5 Å². The van der Waals surface area contributed by atoms with Gasteiger partial charge in [-0.3, -0.25) is 14.2 Å². The number of aromatic nitrogens is 2. The van der Waals surface area contributed by atoms with E-state index in [1.165, 1.54) is 18.2 Å². The van der Waals surface area contributed by atoms with Crippen molar-refractivity contribution in [2.75, 3.05) is 6.54 Å². The van der Waals surface area contributed by atoms with Crippen molar-refractivity contribution in [1.29, 1.82) is 0 Å². The fourth-order valence-electron chi connectivity index (χ4n) is 4.45. The zero-order valence-corrected chi connectivity index (χ0v) is 20.7. The second-order valence-corrected chi connectivity index (χ2v) is 8.93. The van der Waals surface area contributed by atoms with Crippen LogP contribution in [0.1, 0.15) is 54.5 Å². The van der Waals surface area contributed by atoms with E-state index >= 15 is 0 Å². The number of carbonyl (C=O) groups is 1. The van der Waals surface area contributed by atoms with E-state index in [0.29, 0.717) is 46.8 Å². The van der Waals surface area contributed by atoms with Gasteiger partial charge in [-0.15, -0.1) is 0 Å². The lowest BCUT2D eigenvalue weighted by Crippen LogP contribution is -2.39. The molecule has 0 spiro atoms. The smallest absolute Gasteiger partial charge is 0.266 e. The molecule has 0 aliphatic rings. The Labute approximate surface area is 208 Å². The number of carbonyl (C=O) groups excluding carboxylic acids is 1. The Morgan fingerprint density at radius 2 is 1.86 bits per heavy atom. The molecule has 1 atom stereocenters. The molecule has 4 rings (SSSR count). The predicted octanol–water partition coefficient (Wildman–Crippen LogP) is 6.49. The summed E-state index contributed by atoms with van der Waals surface area (Å²) < 4.78 is 15.5. The molecule has 7 heteroatoms. The summed E-state index contributed by atoms with van der Waals surface area (Å²) in [6.45, 7) is 6.24. The van der Waals surface area contributed by atoms with Gasteiger partial charge in [-0.05, 0) is 73.9 Å². The van der Waals surface area contributed by atoms with Crippen molar-refractivity contribution >= 4 is 28.4 Å². The van der Waals surface area contributed by atoms with Gasteiger partial charge in [0.25, 0.3) is 11.5 Å². The highest BCUT2D eigenvalue weighted by Crippen LogP contribution is 2.29. The van der Waals surface area contributed by atoms with Crippen molar-refractivity contribution in [3.63, 3.8) is 0 Å². The minimum absolute atomic E-state index is 0.218. The number of nitrogens with zero attached hydrogens (tertiary/aromatic N) is 3. The molecule has 1 amide bonds. The van der Waals surface area contributed by atoms with Crippen molar-refractivity contribution in [2.45, 2.75) is 39.7 Å². The molecular formula is C28H27ClFN3O2. The summed E-state index contributed by atoms with van der Waals surface area (Å²) in [6, 6.07) is 17.7. The van der Waals surface area contributed by atoms with Gasteiger partial charge in [0.1, 0.15) is 11.6 Å². The van der Waals surface area contributed by atoms with E-state index in [0.717, 1.165) is 5.56 Å². The number of benzene rings is 3. The van der Waals surface area contributed by atoms with Crippen LogP contribution in [0.3, 0.4) is 0 Å². The summed E-state index contributed by atoms with van der Waals surface area (Å²) >= 11 is 6.20. The van der Waals surface area contributed by atoms with Crippen LogP contribution in [0.5, 0.6) is 0 Å². The van der Waals surface area contributed by atoms with Gasteiger partial charge in [0.2, 0.25) is 0 Å². The van der Waals surface area contributed by atoms with Gasteiger partial charge in [-0.25, -0.2) is 9.37 Å². The van der Waals surface area contributed by atoms with E-state index < -0.39 is 11.9 Å². The molecule has 0 saturated heterocycles. The zero-order valence-electron chi connectivity index (χ0n) is 20.0. The Balaban J connectivity index is 1.98. The minimum atomic E-state index is -0.516. The highest BCUT2D eigenvalue weighted by Gasteiger charge is 2.29. The van der Waals surface area contributed by atoms with Gasteiger partial charge in [0.05, 0.1) is 22.6 Å². The van der Waals surface area contributed by atoms with E-state index in [9.17, 15) is 14.0 Å².